The van der Waals surface area contributed by atoms with Gasteiger partial charge in [0.25, 0.3) is 5.91 Å². The van der Waals surface area contributed by atoms with Gasteiger partial charge in [0.2, 0.25) is 0 Å². The van der Waals surface area contributed by atoms with Crippen molar-refractivity contribution >= 4 is 23.2 Å². The topological polar surface area (TPSA) is 56.1 Å². The predicted molar refractivity (Wildman–Crippen MR) is 90.6 cm³/mol. The standard InChI is InChI=1S/C17H22ClN3O/c1-6-21(17(3,4)5)11-13(10-19)16(22)20-14-8-7-12(2)15(18)9-14/h7-9,11H,6H2,1-5H3,(H,20,22)/b13-11-. The van der Waals surface area contributed by atoms with Crippen molar-refractivity contribution in [3.8, 4) is 6.07 Å². The Morgan fingerprint density at radius 3 is 2.55 bits per heavy atom. The lowest BCUT2D eigenvalue weighted by molar-refractivity contribution is -0.112. The number of nitriles is 1. The third-order valence-corrected chi connectivity index (χ3v) is 3.69. The van der Waals surface area contributed by atoms with E-state index < -0.39 is 5.91 Å². The van der Waals surface area contributed by atoms with Crippen LogP contribution in [0.2, 0.25) is 5.02 Å². The average Bonchev–Trinajstić information content (AvgIpc) is 2.42. The van der Waals surface area contributed by atoms with Crippen molar-refractivity contribution in [1.29, 1.82) is 5.26 Å². The number of nitrogens with one attached hydrogen (secondary N) is 1. The normalized spacial score (nSPS) is 11.8. The van der Waals surface area contributed by atoms with Gasteiger partial charge < -0.3 is 10.2 Å². The second-order valence-corrected chi connectivity index (χ2v) is 6.44. The van der Waals surface area contributed by atoms with E-state index in [1.807, 2.05) is 51.7 Å². The van der Waals surface area contributed by atoms with Gasteiger partial charge in [0.05, 0.1) is 0 Å². The Kier molecular flexibility index (Phi) is 6.01. The van der Waals surface area contributed by atoms with E-state index in [1.165, 1.54) is 0 Å². The lowest BCUT2D eigenvalue weighted by Gasteiger charge is -2.33. The molecule has 1 rings (SSSR count). The van der Waals surface area contributed by atoms with Crippen LogP contribution < -0.4 is 5.32 Å². The highest BCUT2D eigenvalue weighted by atomic mass is 35.5. The van der Waals surface area contributed by atoms with E-state index in [4.69, 9.17) is 11.6 Å². The minimum absolute atomic E-state index is 0.0634. The molecule has 0 aliphatic heterocycles. The Hall–Kier alpha value is -1.99. The molecule has 0 heterocycles. The first-order valence-corrected chi connectivity index (χ1v) is 7.53. The summed E-state index contributed by atoms with van der Waals surface area (Å²) >= 11 is 6.04. The molecular weight excluding hydrogens is 298 g/mol. The van der Waals surface area contributed by atoms with E-state index in [2.05, 4.69) is 5.32 Å². The van der Waals surface area contributed by atoms with Gasteiger partial charge >= 0.3 is 0 Å². The Balaban J connectivity index is 2.98. The van der Waals surface area contributed by atoms with Crippen LogP contribution in [0.1, 0.15) is 33.3 Å². The van der Waals surface area contributed by atoms with E-state index >= 15 is 0 Å². The molecule has 5 heteroatoms. The fourth-order valence-electron chi connectivity index (χ4n) is 1.92. The SMILES string of the molecule is CCN(/C=C(/C#N)C(=O)Nc1ccc(C)c(Cl)c1)C(C)(C)C. The summed E-state index contributed by atoms with van der Waals surface area (Å²) in [5, 5.41) is 12.5. The first-order chi connectivity index (χ1) is 10.2. The molecule has 0 radical (unpaired) electrons. The smallest absolute Gasteiger partial charge is 0.267 e. The third kappa shape index (κ3) is 4.78. The van der Waals surface area contributed by atoms with Crippen LogP contribution in [0.5, 0.6) is 0 Å². The van der Waals surface area contributed by atoms with Crippen molar-refractivity contribution in [2.75, 3.05) is 11.9 Å². The maximum atomic E-state index is 12.2. The van der Waals surface area contributed by atoms with Crippen LogP contribution in [0.25, 0.3) is 0 Å². The fraction of sp³-hybridized carbons (Fsp3) is 0.412. The molecule has 0 atom stereocenters. The van der Waals surface area contributed by atoms with Gasteiger partial charge in [-0.05, 0) is 52.3 Å². The largest absolute Gasteiger partial charge is 0.372 e. The van der Waals surface area contributed by atoms with E-state index in [0.29, 0.717) is 17.3 Å². The molecule has 22 heavy (non-hydrogen) atoms. The Bertz CT molecular complexity index is 624. The zero-order valence-corrected chi connectivity index (χ0v) is 14.5. The first-order valence-electron chi connectivity index (χ1n) is 7.15. The summed E-state index contributed by atoms with van der Waals surface area (Å²) in [5.41, 5.74) is 1.40. The molecule has 1 amide bonds. The van der Waals surface area contributed by atoms with Crippen LogP contribution in [0, 0.1) is 18.3 Å². The highest BCUT2D eigenvalue weighted by Gasteiger charge is 2.19. The molecule has 0 fully saturated rings. The minimum Gasteiger partial charge on any atom is -0.372 e. The maximum absolute atomic E-state index is 12.2. The number of rotatable bonds is 4. The molecule has 0 spiro atoms. The van der Waals surface area contributed by atoms with Crippen molar-refractivity contribution < 1.29 is 4.79 Å². The third-order valence-electron chi connectivity index (χ3n) is 3.28. The Morgan fingerprint density at radius 2 is 2.09 bits per heavy atom. The van der Waals surface area contributed by atoms with E-state index in [0.717, 1.165) is 5.56 Å². The molecule has 118 valence electrons. The lowest BCUT2D eigenvalue weighted by atomic mass is 10.1. The average molecular weight is 320 g/mol. The van der Waals surface area contributed by atoms with Crippen molar-refractivity contribution in [2.45, 2.75) is 40.2 Å². The van der Waals surface area contributed by atoms with Gasteiger partial charge in [0.15, 0.2) is 0 Å². The second-order valence-electron chi connectivity index (χ2n) is 6.03. The number of carbonyl (C=O) groups is 1. The molecule has 0 bridgehead atoms. The van der Waals surface area contributed by atoms with Gasteiger partial charge in [-0.3, -0.25) is 4.79 Å². The Labute approximate surface area is 137 Å². The van der Waals surface area contributed by atoms with Crippen LogP contribution in [0.3, 0.4) is 0 Å². The fourth-order valence-corrected chi connectivity index (χ4v) is 2.10. The van der Waals surface area contributed by atoms with E-state index in [1.54, 1.807) is 18.3 Å². The second kappa shape index (κ2) is 7.33. The molecular formula is C17H22ClN3O. The van der Waals surface area contributed by atoms with Crippen molar-refractivity contribution in [2.24, 2.45) is 0 Å². The molecule has 0 aliphatic rings. The van der Waals surface area contributed by atoms with Gasteiger partial charge in [0.1, 0.15) is 11.6 Å². The highest BCUT2D eigenvalue weighted by Crippen LogP contribution is 2.21. The summed E-state index contributed by atoms with van der Waals surface area (Å²) < 4.78 is 0. The van der Waals surface area contributed by atoms with Crippen molar-refractivity contribution in [1.82, 2.24) is 4.90 Å². The van der Waals surface area contributed by atoms with Crippen LogP contribution in [-0.4, -0.2) is 22.9 Å². The van der Waals surface area contributed by atoms with Crippen LogP contribution in [0.15, 0.2) is 30.0 Å². The number of hydrogen-bond acceptors (Lipinski definition) is 3. The monoisotopic (exact) mass is 319 g/mol. The van der Waals surface area contributed by atoms with Gasteiger partial charge in [-0.15, -0.1) is 0 Å². The van der Waals surface area contributed by atoms with Gasteiger partial charge in [-0.2, -0.15) is 5.26 Å². The number of halogens is 1. The van der Waals surface area contributed by atoms with Gasteiger partial charge in [0, 0.05) is 29.0 Å². The summed E-state index contributed by atoms with van der Waals surface area (Å²) in [7, 11) is 0. The number of aryl methyl sites for hydroxylation is 1. The summed E-state index contributed by atoms with van der Waals surface area (Å²) in [6.45, 7) is 10.7. The van der Waals surface area contributed by atoms with E-state index in [9.17, 15) is 10.1 Å². The lowest BCUT2D eigenvalue weighted by Crippen LogP contribution is -2.37. The minimum atomic E-state index is -0.440. The zero-order chi connectivity index (χ0) is 16.9. The Morgan fingerprint density at radius 1 is 1.45 bits per heavy atom. The van der Waals surface area contributed by atoms with Crippen LogP contribution in [-0.2, 0) is 4.79 Å². The molecule has 1 aromatic carbocycles. The molecule has 1 N–H and O–H groups in total. The molecule has 0 unspecified atom stereocenters. The van der Waals surface area contributed by atoms with Crippen LogP contribution in [0.4, 0.5) is 5.69 Å². The van der Waals surface area contributed by atoms with Crippen LogP contribution >= 0.6 is 11.6 Å². The zero-order valence-electron chi connectivity index (χ0n) is 13.7. The maximum Gasteiger partial charge on any atom is 0.267 e. The molecule has 0 saturated carbocycles. The molecule has 0 aliphatic carbocycles. The van der Waals surface area contributed by atoms with Crippen molar-refractivity contribution in [3.05, 3.63) is 40.6 Å². The predicted octanol–water partition coefficient (Wildman–Crippen LogP) is 4.11. The van der Waals surface area contributed by atoms with E-state index in [-0.39, 0.29) is 11.1 Å². The number of benzene rings is 1. The highest BCUT2D eigenvalue weighted by molar-refractivity contribution is 6.31. The number of amides is 1. The first kappa shape index (κ1) is 18.1. The summed E-state index contributed by atoms with van der Waals surface area (Å²) in [5.74, 6) is -0.440. The number of anilines is 1. The van der Waals surface area contributed by atoms with Crippen molar-refractivity contribution in [3.63, 3.8) is 0 Å². The molecule has 0 aromatic heterocycles. The van der Waals surface area contributed by atoms with Gasteiger partial charge in [-0.25, -0.2) is 0 Å². The summed E-state index contributed by atoms with van der Waals surface area (Å²) in [4.78, 5) is 14.2. The summed E-state index contributed by atoms with van der Waals surface area (Å²) in [6, 6.07) is 7.21. The molecule has 0 saturated heterocycles. The number of carbonyl (C=O) groups excluding carboxylic acids is 1. The van der Waals surface area contributed by atoms with Gasteiger partial charge in [-0.1, -0.05) is 17.7 Å². The number of nitrogens with zero attached hydrogens (tertiary/aromatic N) is 2. The molecule has 4 nitrogen and oxygen atoms in total. The number of hydrogen-bond donors (Lipinski definition) is 1. The molecule has 1 aromatic rings. The summed E-state index contributed by atoms with van der Waals surface area (Å²) in [6.07, 6.45) is 1.60. The quantitative estimate of drug-likeness (QED) is 0.671.